The van der Waals surface area contributed by atoms with Crippen molar-refractivity contribution >= 4 is 5.91 Å². The third-order valence-corrected chi connectivity index (χ3v) is 4.38. The zero-order chi connectivity index (χ0) is 15.7. The number of hydrogen-bond acceptors (Lipinski definition) is 2. The van der Waals surface area contributed by atoms with Gasteiger partial charge in [0.05, 0.1) is 11.4 Å². The predicted octanol–water partition coefficient (Wildman–Crippen LogP) is 2.95. The van der Waals surface area contributed by atoms with Crippen molar-refractivity contribution < 1.29 is 9.18 Å². The van der Waals surface area contributed by atoms with Crippen LogP contribution in [-0.4, -0.2) is 33.7 Å². The maximum Gasteiger partial charge on any atom is 0.219 e. The van der Waals surface area contributed by atoms with Crippen LogP contribution in [-0.2, 0) is 11.8 Å². The van der Waals surface area contributed by atoms with Gasteiger partial charge in [-0.2, -0.15) is 5.10 Å². The lowest BCUT2D eigenvalue weighted by Gasteiger charge is -2.30. The fourth-order valence-corrected chi connectivity index (χ4v) is 3.10. The van der Waals surface area contributed by atoms with Gasteiger partial charge in [0, 0.05) is 38.5 Å². The molecule has 22 heavy (non-hydrogen) atoms. The zero-order valence-electron chi connectivity index (χ0n) is 12.9. The van der Waals surface area contributed by atoms with Gasteiger partial charge in [-0.1, -0.05) is 12.1 Å². The summed E-state index contributed by atoms with van der Waals surface area (Å²) in [6.45, 7) is 3.18. The lowest BCUT2D eigenvalue weighted by atomic mass is 9.93. The molecule has 1 amide bonds. The molecule has 0 unspecified atom stereocenters. The van der Waals surface area contributed by atoms with E-state index in [9.17, 15) is 9.18 Å². The molecule has 0 atom stereocenters. The summed E-state index contributed by atoms with van der Waals surface area (Å²) in [6.07, 6.45) is 1.86. The number of nitrogens with zero attached hydrogens (tertiary/aromatic N) is 3. The molecule has 1 aliphatic heterocycles. The van der Waals surface area contributed by atoms with Crippen molar-refractivity contribution in [3.8, 4) is 11.3 Å². The van der Waals surface area contributed by atoms with Crippen molar-refractivity contribution in [1.29, 1.82) is 0 Å². The molecule has 0 saturated carbocycles. The molecule has 1 aromatic carbocycles. The highest BCUT2D eigenvalue weighted by atomic mass is 19.1. The van der Waals surface area contributed by atoms with E-state index in [1.807, 2.05) is 24.1 Å². The van der Waals surface area contributed by atoms with Crippen molar-refractivity contribution in [3.05, 3.63) is 41.8 Å². The summed E-state index contributed by atoms with van der Waals surface area (Å²) in [4.78, 5) is 13.3. The summed E-state index contributed by atoms with van der Waals surface area (Å²) in [5.41, 5.74) is 2.79. The largest absolute Gasteiger partial charge is 0.343 e. The van der Waals surface area contributed by atoms with Crippen LogP contribution in [0.3, 0.4) is 0 Å². The van der Waals surface area contributed by atoms with E-state index in [1.165, 1.54) is 12.1 Å². The summed E-state index contributed by atoms with van der Waals surface area (Å²) in [5.74, 6) is 0.263. The molecule has 5 heteroatoms. The van der Waals surface area contributed by atoms with Gasteiger partial charge in [-0.3, -0.25) is 9.48 Å². The van der Waals surface area contributed by atoms with Crippen molar-refractivity contribution in [1.82, 2.24) is 14.7 Å². The number of benzene rings is 1. The molecule has 1 aromatic heterocycles. The molecule has 4 nitrogen and oxygen atoms in total. The van der Waals surface area contributed by atoms with Crippen molar-refractivity contribution in [2.24, 2.45) is 7.05 Å². The van der Waals surface area contributed by atoms with Crippen molar-refractivity contribution in [2.45, 2.75) is 25.7 Å². The van der Waals surface area contributed by atoms with Gasteiger partial charge in [-0.25, -0.2) is 4.39 Å². The molecule has 0 aliphatic carbocycles. The minimum atomic E-state index is -0.241. The van der Waals surface area contributed by atoms with Crippen LogP contribution in [0.25, 0.3) is 11.3 Å². The van der Waals surface area contributed by atoms with Crippen molar-refractivity contribution in [3.63, 3.8) is 0 Å². The molecule has 2 aromatic rings. The maximum atomic E-state index is 13.4. The zero-order valence-corrected chi connectivity index (χ0v) is 12.9. The van der Waals surface area contributed by atoms with E-state index >= 15 is 0 Å². The Morgan fingerprint density at radius 2 is 2.00 bits per heavy atom. The van der Waals surface area contributed by atoms with E-state index in [0.29, 0.717) is 5.92 Å². The van der Waals surface area contributed by atoms with Crippen LogP contribution < -0.4 is 0 Å². The van der Waals surface area contributed by atoms with Crippen molar-refractivity contribution in [2.75, 3.05) is 13.1 Å². The molecule has 116 valence electrons. The first-order valence-corrected chi connectivity index (χ1v) is 7.60. The van der Waals surface area contributed by atoms with E-state index in [-0.39, 0.29) is 11.7 Å². The summed E-state index contributed by atoms with van der Waals surface area (Å²) >= 11 is 0. The van der Waals surface area contributed by atoms with Gasteiger partial charge < -0.3 is 4.90 Å². The summed E-state index contributed by atoms with van der Waals surface area (Å²) in [5, 5.41) is 4.60. The molecule has 1 aliphatic rings. The third kappa shape index (κ3) is 2.89. The van der Waals surface area contributed by atoms with Crippen LogP contribution in [0.2, 0.25) is 0 Å². The highest BCUT2D eigenvalue weighted by Gasteiger charge is 2.24. The fourth-order valence-electron chi connectivity index (χ4n) is 3.10. The van der Waals surface area contributed by atoms with Crippen LogP contribution >= 0.6 is 0 Å². The first-order valence-electron chi connectivity index (χ1n) is 7.60. The van der Waals surface area contributed by atoms with Crippen LogP contribution in [0, 0.1) is 5.82 Å². The Bertz CT molecular complexity index is 687. The van der Waals surface area contributed by atoms with Crippen LogP contribution in [0.1, 0.15) is 31.4 Å². The quantitative estimate of drug-likeness (QED) is 0.855. The minimum Gasteiger partial charge on any atom is -0.343 e. The topological polar surface area (TPSA) is 38.1 Å². The highest BCUT2D eigenvalue weighted by molar-refractivity contribution is 5.73. The Hall–Kier alpha value is -2.17. The van der Waals surface area contributed by atoms with Gasteiger partial charge in [0.25, 0.3) is 0 Å². The summed E-state index contributed by atoms with van der Waals surface area (Å²) in [7, 11) is 1.88. The number of carbonyl (C=O) groups excluding carboxylic acids is 1. The second kappa shape index (κ2) is 5.91. The molecule has 1 fully saturated rings. The Morgan fingerprint density at radius 3 is 2.64 bits per heavy atom. The second-order valence-electron chi connectivity index (χ2n) is 5.87. The van der Waals surface area contributed by atoms with E-state index in [4.69, 9.17) is 0 Å². The number of piperidine rings is 1. The third-order valence-electron chi connectivity index (χ3n) is 4.38. The second-order valence-corrected chi connectivity index (χ2v) is 5.87. The first-order chi connectivity index (χ1) is 10.5. The molecule has 0 spiro atoms. The minimum absolute atomic E-state index is 0.139. The predicted molar refractivity (Wildman–Crippen MR) is 82.8 cm³/mol. The number of halogens is 1. The lowest BCUT2D eigenvalue weighted by Crippen LogP contribution is -2.36. The number of amides is 1. The normalized spacial score (nSPS) is 16.0. The van der Waals surface area contributed by atoms with Crippen LogP contribution in [0.5, 0.6) is 0 Å². The molecular formula is C17H20FN3O. The van der Waals surface area contributed by atoms with Gasteiger partial charge >= 0.3 is 0 Å². The van der Waals surface area contributed by atoms with Crippen LogP contribution in [0.4, 0.5) is 4.39 Å². The number of likely N-dealkylation sites (tertiary alicyclic amines) is 1. The standard InChI is InChI=1S/C17H20FN3O/c1-12(22)21-8-6-13(7-9-21)16-11-17(20(2)19-16)14-4-3-5-15(18)10-14/h3-5,10-11,13H,6-9H2,1-2H3. The molecule has 0 bridgehead atoms. The molecule has 1 saturated heterocycles. The SMILES string of the molecule is CC(=O)N1CCC(c2cc(-c3cccc(F)c3)n(C)n2)CC1. The smallest absolute Gasteiger partial charge is 0.219 e. The number of carbonyl (C=O) groups is 1. The van der Waals surface area contributed by atoms with Gasteiger partial charge in [0.1, 0.15) is 5.82 Å². The highest BCUT2D eigenvalue weighted by Crippen LogP contribution is 2.30. The van der Waals surface area contributed by atoms with E-state index in [1.54, 1.807) is 17.7 Å². The Balaban J connectivity index is 1.80. The number of rotatable bonds is 2. The average molecular weight is 301 g/mol. The molecular weight excluding hydrogens is 281 g/mol. The number of hydrogen-bond donors (Lipinski definition) is 0. The molecule has 0 radical (unpaired) electrons. The van der Waals surface area contributed by atoms with E-state index < -0.39 is 0 Å². The Kier molecular flexibility index (Phi) is 3.96. The maximum absolute atomic E-state index is 13.4. The Labute approximate surface area is 129 Å². The van der Waals surface area contributed by atoms with Gasteiger partial charge in [0.2, 0.25) is 5.91 Å². The number of aromatic nitrogens is 2. The van der Waals surface area contributed by atoms with Gasteiger partial charge in [-0.05, 0) is 31.0 Å². The van der Waals surface area contributed by atoms with E-state index in [0.717, 1.165) is 42.9 Å². The van der Waals surface area contributed by atoms with Crippen LogP contribution in [0.15, 0.2) is 30.3 Å². The number of aryl methyl sites for hydroxylation is 1. The van der Waals surface area contributed by atoms with E-state index in [2.05, 4.69) is 5.10 Å². The summed E-state index contributed by atoms with van der Waals surface area (Å²) in [6, 6.07) is 8.62. The molecule has 2 heterocycles. The average Bonchev–Trinajstić information content (AvgIpc) is 2.89. The summed E-state index contributed by atoms with van der Waals surface area (Å²) < 4.78 is 15.2. The fraction of sp³-hybridized carbons (Fsp3) is 0.412. The molecule has 0 N–H and O–H groups in total. The monoisotopic (exact) mass is 301 g/mol. The van der Waals surface area contributed by atoms with Gasteiger partial charge in [-0.15, -0.1) is 0 Å². The lowest BCUT2D eigenvalue weighted by molar-refractivity contribution is -0.129. The molecule has 3 rings (SSSR count). The van der Waals surface area contributed by atoms with Gasteiger partial charge in [0.15, 0.2) is 0 Å². The Morgan fingerprint density at radius 1 is 1.27 bits per heavy atom. The first kappa shape index (κ1) is 14.8.